The first-order valence-corrected chi connectivity index (χ1v) is 8.46. The summed E-state index contributed by atoms with van der Waals surface area (Å²) in [5.41, 5.74) is 3.03. The van der Waals surface area contributed by atoms with Gasteiger partial charge in [-0.05, 0) is 37.9 Å². The van der Waals surface area contributed by atoms with Crippen LogP contribution in [0.5, 0.6) is 0 Å². The molecule has 1 saturated heterocycles. The molecule has 1 aromatic carbocycles. The summed E-state index contributed by atoms with van der Waals surface area (Å²) in [6.07, 6.45) is 2.75. The lowest BCUT2D eigenvalue weighted by Gasteiger charge is -2.24. The van der Waals surface area contributed by atoms with Crippen molar-refractivity contribution in [3.8, 4) is 0 Å². The third-order valence-electron chi connectivity index (χ3n) is 4.41. The van der Waals surface area contributed by atoms with Crippen LogP contribution in [0, 0.1) is 6.92 Å². The molecule has 1 fully saturated rings. The zero-order chi connectivity index (χ0) is 16.9. The van der Waals surface area contributed by atoms with Crippen LogP contribution in [-0.2, 0) is 17.8 Å². The Bertz CT molecular complexity index is 703. The maximum atomic E-state index is 10.8. The number of carbonyl (C=O) groups is 1. The molecule has 0 aliphatic carbocycles. The fourth-order valence-corrected chi connectivity index (χ4v) is 3.30. The standard InChI is InChI=1S/C19H23N3O2/c1-14-12-16(9-10-18(23)24)21-19(20-14)17-8-5-11-22(17)13-15-6-3-2-4-7-15/h2-4,6-7,12,17H,5,8-11,13H2,1H3,(H,23,24)/t17-/m0/s1. The predicted molar refractivity (Wildman–Crippen MR) is 91.6 cm³/mol. The van der Waals surface area contributed by atoms with E-state index in [4.69, 9.17) is 5.11 Å². The van der Waals surface area contributed by atoms with E-state index in [1.807, 2.05) is 19.1 Å². The number of likely N-dealkylation sites (tertiary alicyclic amines) is 1. The van der Waals surface area contributed by atoms with Crippen molar-refractivity contribution in [2.45, 2.75) is 45.2 Å². The molecule has 126 valence electrons. The van der Waals surface area contributed by atoms with Gasteiger partial charge in [-0.1, -0.05) is 30.3 Å². The molecule has 0 unspecified atom stereocenters. The van der Waals surface area contributed by atoms with Crippen LogP contribution < -0.4 is 0 Å². The number of rotatable bonds is 6. The van der Waals surface area contributed by atoms with Crippen molar-refractivity contribution in [3.05, 3.63) is 59.2 Å². The average Bonchev–Trinajstić information content (AvgIpc) is 3.01. The Balaban J connectivity index is 1.77. The molecule has 2 aromatic rings. The zero-order valence-corrected chi connectivity index (χ0v) is 14.0. The van der Waals surface area contributed by atoms with Gasteiger partial charge in [-0.2, -0.15) is 0 Å². The average molecular weight is 325 g/mol. The normalized spacial score (nSPS) is 18.0. The Kier molecular flexibility index (Phi) is 5.20. The molecule has 0 amide bonds. The minimum Gasteiger partial charge on any atom is -0.481 e. The molecule has 1 N–H and O–H groups in total. The van der Waals surface area contributed by atoms with Gasteiger partial charge in [-0.25, -0.2) is 9.97 Å². The highest BCUT2D eigenvalue weighted by molar-refractivity contribution is 5.66. The van der Waals surface area contributed by atoms with Crippen LogP contribution in [0.1, 0.15) is 48.1 Å². The van der Waals surface area contributed by atoms with Gasteiger partial charge in [0.1, 0.15) is 5.82 Å². The minimum atomic E-state index is -0.792. The molecular formula is C19H23N3O2. The van der Waals surface area contributed by atoms with E-state index in [0.29, 0.717) is 6.42 Å². The second kappa shape index (κ2) is 7.53. The molecule has 0 radical (unpaired) electrons. The van der Waals surface area contributed by atoms with Crippen molar-refractivity contribution in [2.24, 2.45) is 0 Å². The summed E-state index contributed by atoms with van der Waals surface area (Å²) < 4.78 is 0. The summed E-state index contributed by atoms with van der Waals surface area (Å²) in [6, 6.07) is 12.6. The fraction of sp³-hybridized carbons (Fsp3) is 0.421. The van der Waals surface area contributed by atoms with E-state index in [9.17, 15) is 4.79 Å². The molecule has 0 spiro atoms. The van der Waals surface area contributed by atoms with Gasteiger partial charge in [-0.15, -0.1) is 0 Å². The number of hydrogen-bond donors (Lipinski definition) is 1. The number of aliphatic carboxylic acids is 1. The lowest BCUT2D eigenvalue weighted by molar-refractivity contribution is -0.136. The SMILES string of the molecule is Cc1cc(CCC(=O)O)nc([C@@H]2CCCN2Cc2ccccc2)n1. The Morgan fingerprint density at radius 1 is 1.29 bits per heavy atom. The van der Waals surface area contributed by atoms with Gasteiger partial charge in [0.25, 0.3) is 0 Å². The van der Waals surface area contributed by atoms with Crippen molar-refractivity contribution < 1.29 is 9.90 Å². The Labute approximate surface area is 142 Å². The monoisotopic (exact) mass is 325 g/mol. The highest BCUT2D eigenvalue weighted by Crippen LogP contribution is 2.31. The van der Waals surface area contributed by atoms with E-state index in [1.165, 1.54) is 5.56 Å². The third-order valence-corrected chi connectivity index (χ3v) is 4.41. The van der Waals surface area contributed by atoms with Crippen LogP contribution in [0.3, 0.4) is 0 Å². The van der Waals surface area contributed by atoms with Crippen molar-refractivity contribution in [3.63, 3.8) is 0 Å². The molecule has 1 aliphatic heterocycles. The van der Waals surface area contributed by atoms with Crippen LogP contribution >= 0.6 is 0 Å². The number of aromatic nitrogens is 2. The molecule has 5 heteroatoms. The highest BCUT2D eigenvalue weighted by Gasteiger charge is 2.28. The summed E-state index contributed by atoms with van der Waals surface area (Å²) in [5.74, 6) is 0.0446. The number of nitrogens with zero attached hydrogens (tertiary/aromatic N) is 3. The van der Waals surface area contributed by atoms with Crippen molar-refractivity contribution in [2.75, 3.05) is 6.54 Å². The summed E-state index contributed by atoms with van der Waals surface area (Å²) in [6.45, 7) is 3.89. The summed E-state index contributed by atoms with van der Waals surface area (Å²) in [4.78, 5) is 22.5. The molecule has 1 aromatic heterocycles. The van der Waals surface area contributed by atoms with E-state index in [-0.39, 0.29) is 12.5 Å². The predicted octanol–water partition coefficient (Wildman–Crippen LogP) is 3.14. The largest absolute Gasteiger partial charge is 0.481 e. The van der Waals surface area contributed by atoms with Gasteiger partial charge < -0.3 is 5.11 Å². The van der Waals surface area contributed by atoms with Crippen LogP contribution in [-0.4, -0.2) is 32.5 Å². The quantitative estimate of drug-likeness (QED) is 0.884. The number of benzene rings is 1. The maximum absolute atomic E-state index is 10.8. The molecule has 0 saturated carbocycles. The first-order valence-electron chi connectivity index (χ1n) is 8.46. The smallest absolute Gasteiger partial charge is 0.303 e. The molecule has 0 bridgehead atoms. The van der Waals surface area contributed by atoms with Crippen molar-refractivity contribution in [1.82, 2.24) is 14.9 Å². The second-order valence-electron chi connectivity index (χ2n) is 6.37. The topological polar surface area (TPSA) is 66.3 Å². The van der Waals surface area contributed by atoms with Gasteiger partial charge in [0.05, 0.1) is 12.5 Å². The van der Waals surface area contributed by atoms with E-state index in [0.717, 1.165) is 43.1 Å². The first-order chi connectivity index (χ1) is 11.6. The van der Waals surface area contributed by atoms with E-state index >= 15 is 0 Å². The van der Waals surface area contributed by atoms with Crippen molar-refractivity contribution in [1.29, 1.82) is 0 Å². The first kappa shape index (κ1) is 16.6. The van der Waals surface area contributed by atoms with E-state index in [1.54, 1.807) is 0 Å². The van der Waals surface area contributed by atoms with Crippen LogP contribution in [0.2, 0.25) is 0 Å². The van der Waals surface area contributed by atoms with Crippen LogP contribution in [0.15, 0.2) is 36.4 Å². The summed E-state index contributed by atoms with van der Waals surface area (Å²) >= 11 is 0. The zero-order valence-electron chi connectivity index (χ0n) is 14.0. The molecule has 2 heterocycles. The summed E-state index contributed by atoms with van der Waals surface area (Å²) in [7, 11) is 0. The number of hydrogen-bond acceptors (Lipinski definition) is 4. The van der Waals surface area contributed by atoms with Crippen LogP contribution in [0.25, 0.3) is 0 Å². The van der Waals surface area contributed by atoms with Gasteiger partial charge >= 0.3 is 5.97 Å². The molecule has 5 nitrogen and oxygen atoms in total. The number of carboxylic acid groups (broad SMARTS) is 1. The summed E-state index contributed by atoms with van der Waals surface area (Å²) in [5, 5.41) is 8.88. The highest BCUT2D eigenvalue weighted by atomic mass is 16.4. The van der Waals surface area contributed by atoms with Crippen molar-refractivity contribution >= 4 is 5.97 Å². The number of carboxylic acids is 1. The second-order valence-corrected chi connectivity index (χ2v) is 6.37. The Morgan fingerprint density at radius 2 is 2.08 bits per heavy atom. The minimum absolute atomic E-state index is 0.105. The number of aryl methyl sites for hydroxylation is 2. The van der Waals surface area contributed by atoms with Crippen LogP contribution in [0.4, 0.5) is 0 Å². The maximum Gasteiger partial charge on any atom is 0.303 e. The van der Waals surface area contributed by atoms with Gasteiger partial charge in [0.2, 0.25) is 0 Å². The van der Waals surface area contributed by atoms with Gasteiger partial charge in [-0.3, -0.25) is 9.69 Å². The van der Waals surface area contributed by atoms with Gasteiger partial charge in [0.15, 0.2) is 0 Å². The molecule has 1 atom stereocenters. The lowest BCUT2D eigenvalue weighted by Crippen LogP contribution is -2.24. The van der Waals surface area contributed by atoms with Gasteiger partial charge in [0, 0.05) is 24.4 Å². The fourth-order valence-electron chi connectivity index (χ4n) is 3.30. The third kappa shape index (κ3) is 4.17. The molecule has 24 heavy (non-hydrogen) atoms. The Hall–Kier alpha value is -2.27. The van der Waals surface area contributed by atoms with E-state index < -0.39 is 5.97 Å². The molecule has 3 rings (SSSR count). The lowest BCUT2D eigenvalue weighted by atomic mass is 10.1. The van der Waals surface area contributed by atoms with E-state index in [2.05, 4.69) is 39.1 Å². The molecule has 1 aliphatic rings. The Morgan fingerprint density at radius 3 is 2.83 bits per heavy atom. The molecular weight excluding hydrogens is 302 g/mol.